The van der Waals surface area contributed by atoms with E-state index in [9.17, 15) is 9.90 Å². The van der Waals surface area contributed by atoms with Gasteiger partial charge in [-0.25, -0.2) is 0 Å². The van der Waals surface area contributed by atoms with E-state index in [0.29, 0.717) is 13.2 Å². The molecule has 1 atom stereocenters. The van der Waals surface area contributed by atoms with Crippen molar-refractivity contribution in [2.24, 2.45) is 0 Å². The van der Waals surface area contributed by atoms with Gasteiger partial charge in [-0.1, -0.05) is 6.42 Å². The second-order valence-corrected chi connectivity index (χ2v) is 7.04. The highest BCUT2D eigenvalue weighted by molar-refractivity contribution is 6.63. The van der Waals surface area contributed by atoms with Crippen LogP contribution in [0.5, 0.6) is 0 Å². The Morgan fingerprint density at radius 1 is 1.27 bits per heavy atom. The van der Waals surface area contributed by atoms with Crippen molar-refractivity contribution >= 4 is 17.0 Å². The summed E-state index contributed by atoms with van der Waals surface area (Å²) in [6.45, 7) is 6.63. The molecule has 2 rings (SSSR count). The summed E-state index contributed by atoms with van der Waals surface area (Å²) < 4.78 is 0. The number of aliphatic hydroxyl groups excluding tert-OH is 1. The Balaban J connectivity index is 1.62. The third-order valence-corrected chi connectivity index (χ3v) is 4.69. The van der Waals surface area contributed by atoms with Gasteiger partial charge in [0.25, 0.3) is 0 Å². The zero-order valence-electron chi connectivity index (χ0n) is 13.4. The largest absolute Gasteiger partial charge is 0.389 e. The van der Waals surface area contributed by atoms with Gasteiger partial charge in [0.05, 0.1) is 12.7 Å². The molecule has 2 heterocycles. The predicted molar refractivity (Wildman–Crippen MR) is 85.8 cm³/mol. The van der Waals surface area contributed by atoms with Crippen molar-refractivity contribution in [1.82, 2.24) is 15.3 Å². The topological polar surface area (TPSA) is 65.0 Å². The number of β-amino-alcohol motifs (C(OH)–C–C–N with tert-alkyl or cyclic N) is 1. The van der Waals surface area contributed by atoms with Crippen LogP contribution in [0.4, 0.5) is 4.79 Å². The number of carbonyl (C=O) groups is 1. The molecule has 22 heavy (non-hydrogen) atoms. The molecule has 7 heteroatoms. The Morgan fingerprint density at radius 2 is 1.91 bits per heavy atom. The van der Waals surface area contributed by atoms with Gasteiger partial charge >= 0.3 is 5.37 Å². The first kappa shape index (κ1) is 17.9. The Hall–Kier alpha value is -0.400. The minimum atomic E-state index is -0.506. The number of likely N-dealkylation sites (tertiary alicyclic amines) is 1. The second kappa shape index (κ2) is 8.45. The smallest absolute Gasteiger partial charge is 0.314 e. The van der Waals surface area contributed by atoms with E-state index in [0.717, 1.165) is 39.0 Å². The first-order valence-corrected chi connectivity index (χ1v) is 8.61. The minimum absolute atomic E-state index is 0.259. The number of amides is 1. The molecule has 0 aromatic carbocycles. The monoisotopic (exact) mass is 333 g/mol. The van der Waals surface area contributed by atoms with Crippen LogP contribution in [0.15, 0.2) is 0 Å². The maximum atomic E-state index is 11.0. The van der Waals surface area contributed by atoms with Gasteiger partial charge in [-0.2, -0.15) is 5.06 Å². The van der Waals surface area contributed by atoms with E-state index in [4.69, 9.17) is 16.4 Å². The highest BCUT2D eigenvalue weighted by atomic mass is 35.5. The van der Waals surface area contributed by atoms with E-state index in [1.807, 2.05) is 12.0 Å². The van der Waals surface area contributed by atoms with Crippen molar-refractivity contribution in [2.45, 2.75) is 50.7 Å². The lowest BCUT2D eigenvalue weighted by Crippen LogP contribution is -2.52. The molecular formula is C15H28ClN3O3. The third-order valence-electron chi connectivity index (χ3n) is 4.59. The lowest BCUT2D eigenvalue weighted by molar-refractivity contribution is -0.194. The molecule has 0 saturated carbocycles. The van der Waals surface area contributed by atoms with E-state index in [-0.39, 0.29) is 5.54 Å². The SMILES string of the molecule is CC1(NC(=O)Cl)CCN(OCC(O)CN2CCCCC2)CC1. The van der Waals surface area contributed by atoms with E-state index in [2.05, 4.69) is 10.2 Å². The fraction of sp³-hybridized carbons (Fsp3) is 0.933. The van der Waals surface area contributed by atoms with Gasteiger partial charge in [-0.05, 0) is 57.3 Å². The van der Waals surface area contributed by atoms with Crippen molar-refractivity contribution in [2.75, 3.05) is 39.3 Å². The van der Waals surface area contributed by atoms with Gasteiger partial charge in [0, 0.05) is 25.2 Å². The zero-order valence-corrected chi connectivity index (χ0v) is 14.1. The molecular weight excluding hydrogens is 306 g/mol. The molecule has 0 aromatic heterocycles. The Morgan fingerprint density at radius 3 is 2.50 bits per heavy atom. The molecule has 0 bridgehead atoms. The lowest BCUT2D eigenvalue weighted by atomic mass is 9.91. The van der Waals surface area contributed by atoms with E-state index in [1.54, 1.807) is 0 Å². The first-order valence-electron chi connectivity index (χ1n) is 8.23. The van der Waals surface area contributed by atoms with E-state index < -0.39 is 11.5 Å². The number of piperidine rings is 2. The van der Waals surface area contributed by atoms with Crippen LogP contribution in [-0.2, 0) is 4.84 Å². The van der Waals surface area contributed by atoms with Crippen molar-refractivity contribution in [3.8, 4) is 0 Å². The van der Waals surface area contributed by atoms with Crippen LogP contribution in [-0.4, -0.2) is 71.4 Å². The summed E-state index contributed by atoms with van der Waals surface area (Å²) in [5.74, 6) is 0. The summed E-state index contributed by atoms with van der Waals surface area (Å²) in [5, 5.41) is 14.2. The van der Waals surface area contributed by atoms with Crippen LogP contribution >= 0.6 is 11.6 Å². The van der Waals surface area contributed by atoms with Crippen LogP contribution in [0, 0.1) is 0 Å². The van der Waals surface area contributed by atoms with Crippen LogP contribution in [0.3, 0.4) is 0 Å². The quantitative estimate of drug-likeness (QED) is 0.570. The van der Waals surface area contributed by atoms with Crippen molar-refractivity contribution in [3.05, 3.63) is 0 Å². The average molecular weight is 334 g/mol. The number of nitrogens with one attached hydrogen (secondary N) is 1. The zero-order chi connectivity index (χ0) is 16.0. The van der Waals surface area contributed by atoms with Crippen LogP contribution < -0.4 is 5.32 Å². The highest BCUT2D eigenvalue weighted by Gasteiger charge is 2.31. The predicted octanol–water partition coefficient (Wildman–Crippen LogP) is 1.57. The number of carbonyl (C=O) groups excluding carboxylic acids is 1. The molecule has 0 aromatic rings. The minimum Gasteiger partial charge on any atom is -0.389 e. The molecule has 2 aliphatic heterocycles. The molecule has 0 spiro atoms. The highest BCUT2D eigenvalue weighted by Crippen LogP contribution is 2.22. The standard InChI is InChI=1S/C15H28ClN3O3/c1-15(17-14(16)21)5-9-19(10-6-15)22-12-13(20)11-18-7-3-2-4-8-18/h13,20H,2-12H2,1H3,(H,17,21). The average Bonchev–Trinajstić information content (AvgIpc) is 2.47. The normalized spacial score (nSPS) is 24.9. The Bertz CT molecular complexity index is 356. The van der Waals surface area contributed by atoms with Crippen LogP contribution in [0.1, 0.15) is 39.0 Å². The number of nitrogens with zero attached hydrogens (tertiary/aromatic N) is 2. The van der Waals surface area contributed by atoms with E-state index in [1.165, 1.54) is 19.3 Å². The maximum Gasteiger partial charge on any atom is 0.314 e. The number of hydrogen-bond acceptors (Lipinski definition) is 5. The van der Waals surface area contributed by atoms with Crippen LogP contribution in [0.2, 0.25) is 0 Å². The number of hydrogen-bond donors (Lipinski definition) is 2. The van der Waals surface area contributed by atoms with Gasteiger partial charge in [0.15, 0.2) is 0 Å². The lowest BCUT2D eigenvalue weighted by Gasteiger charge is -2.39. The number of aliphatic hydroxyl groups is 1. The fourth-order valence-electron chi connectivity index (χ4n) is 3.16. The number of hydroxylamine groups is 2. The molecule has 1 amide bonds. The molecule has 6 nitrogen and oxygen atoms in total. The van der Waals surface area contributed by atoms with Gasteiger partial charge < -0.3 is 15.3 Å². The Kier molecular flexibility index (Phi) is 6.89. The first-order chi connectivity index (χ1) is 10.5. The molecule has 128 valence electrons. The van der Waals surface area contributed by atoms with Crippen LogP contribution in [0.25, 0.3) is 0 Å². The third kappa shape index (κ3) is 6.01. The molecule has 0 radical (unpaired) electrons. The maximum absolute atomic E-state index is 11.0. The van der Waals surface area contributed by atoms with Gasteiger partial charge in [0.2, 0.25) is 0 Å². The van der Waals surface area contributed by atoms with E-state index >= 15 is 0 Å². The second-order valence-electron chi connectivity index (χ2n) is 6.70. The van der Waals surface area contributed by atoms with Crippen molar-refractivity contribution < 1.29 is 14.7 Å². The number of halogens is 1. The summed E-state index contributed by atoms with van der Waals surface area (Å²) in [7, 11) is 0. The molecule has 2 aliphatic rings. The molecule has 2 saturated heterocycles. The van der Waals surface area contributed by atoms with Gasteiger partial charge in [-0.15, -0.1) is 0 Å². The Labute approximate surface area is 137 Å². The molecule has 1 unspecified atom stereocenters. The molecule has 2 fully saturated rings. The summed E-state index contributed by atoms with van der Waals surface area (Å²) in [6, 6.07) is 0. The van der Waals surface area contributed by atoms with Crippen molar-refractivity contribution in [3.63, 3.8) is 0 Å². The summed E-state index contributed by atoms with van der Waals surface area (Å²) in [5.41, 5.74) is -0.259. The van der Waals surface area contributed by atoms with Gasteiger partial charge in [0.1, 0.15) is 0 Å². The summed E-state index contributed by atoms with van der Waals surface area (Å²) in [4.78, 5) is 19.0. The van der Waals surface area contributed by atoms with Gasteiger partial charge in [-0.3, -0.25) is 9.63 Å². The molecule has 2 N–H and O–H groups in total. The summed E-state index contributed by atoms with van der Waals surface area (Å²) >= 11 is 5.40. The number of rotatable bonds is 6. The van der Waals surface area contributed by atoms with Crippen molar-refractivity contribution in [1.29, 1.82) is 0 Å². The summed E-state index contributed by atoms with van der Waals surface area (Å²) in [6.07, 6.45) is 4.87. The molecule has 0 aliphatic carbocycles. The fourth-order valence-corrected chi connectivity index (χ4v) is 3.38.